The number of carboxylic acid groups (broad SMARTS) is 1. The molecule has 0 saturated heterocycles. The predicted molar refractivity (Wildman–Crippen MR) is 136 cm³/mol. The second kappa shape index (κ2) is 12.3. The fraction of sp³-hybridized carbons (Fsp3) is 0.172. The molecule has 3 rings (SSSR count). The fourth-order valence-corrected chi connectivity index (χ4v) is 3.45. The molecule has 3 aromatic rings. The molecule has 5 heteroatoms. The highest BCUT2D eigenvalue weighted by Crippen LogP contribution is 2.25. The van der Waals surface area contributed by atoms with Crippen molar-refractivity contribution in [2.24, 2.45) is 0 Å². The largest absolute Gasteiger partial charge is 0.478 e. The zero-order valence-corrected chi connectivity index (χ0v) is 19.5. The van der Waals surface area contributed by atoms with Gasteiger partial charge in [0.05, 0.1) is 6.54 Å². The van der Waals surface area contributed by atoms with Gasteiger partial charge in [-0.25, -0.2) is 4.79 Å². The summed E-state index contributed by atoms with van der Waals surface area (Å²) in [6.45, 7) is 0.240. The average molecular weight is 456 g/mol. The Kier molecular flexibility index (Phi) is 8.95. The number of aryl methyl sites for hydroxylation is 1. The van der Waals surface area contributed by atoms with Crippen LogP contribution in [-0.4, -0.2) is 42.6 Å². The predicted octanol–water partition coefficient (Wildman–Crippen LogP) is 5.42. The van der Waals surface area contributed by atoms with Crippen molar-refractivity contribution in [2.45, 2.75) is 12.8 Å². The van der Waals surface area contributed by atoms with E-state index in [0.717, 1.165) is 41.2 Å². The topological polar surface area (TPSA) is 66.8 Å². The summed E-state index contributed by atoms with van der Waals surface area (Å²) in [5, 5.41) is 8.79. The van der Waals surface area contributed by atoms with Crippen molar-refractivity contribution in [3.8, 4) is 5.75 Å². The van der Waals surface area contributed by atoms with E-state index in [9.17, 15) is 9.59 Å². The summed E-state index contributed by atoms with van der Waals surface area (Å²) in [5.74, 6) is -0.696. The Balaban J connectivity index is 1.71. The number of hydrogen-bond donors (Lipinski definition) is 1. The molecule has 0 aliphatic rings. The van der Waals surface area contributed by atoms with Gasteiger partial charge in [0.25, 0.3) is 0 Å². The van der Waals surface area contributed by atoms with Crippen LogP contribution >= 0.6 is 0 Å². The number of esters is 1. The van der Waals surface area contributed by atoms with Crippen molar-refractivity contribution in [1.29, 1.82) is 0 Å². The summed E-state index contributed by atoms with van der Waals surface area (Å²) < 4.78 is 5.36. The Bertz CT molecular complexity index is 1140. The number of carbonyl (C=O) groups excluding carboxylic acids is 1. The van der Waals surface area contributed by atoms with Gasteiger partial charge >= 0.3 is 11.9 Å². The van der Waals surface area contributed by atoms with Crippen LogP contribution in [0.3, 0.4) is 0 Å². The van der Waals surface area contributed by atoms with Crippen LogP contribution in [0.5, 0.6) is 5.75 Å². The normalized spacial score (nSPS) is 11.7. The maximum atomic E-state index is 11.8. The van der Waals surface area contributed by atoms with E-state index in [1.54, 1.807) is 11.0 Å². The molecular weight excluding hydrogens is 426 g/mol. The maximum absolute atomic E-state index is 11.8. The molecule has 0 unspecified atom stereocenters. The molecule has 1 N–H and O–H groups in total. The van der Waals surface area contributed by atoms with Gasteiger partial charge in [0.15, 0.2) is 0 Å². The van der Waals surface area contributed by atoms with Crippen molar-refractivity contribution in [3.05, 3.63) is 107 Å². The minimum Gasteiger partial charge on any atom is -0.478 e. The molecule has 0 radical (unpaired) electrons. The maximum Gasteiger partial charge on any atom is 0.328 e. The second-order valence-electron chi connectivity index (χ2n) is 8.23. The average Bonchev–Trinajstić information content (AvgIpc) is 2.82. The minimum atomic E-state index is -0.963. The third-order valence-electron chi connectivity index (χ3n) is 5.12. The van der Waals surface area contributed by atoms with E-state index in [4.69, 9.17) is 9.84 Å². The molecule has 0 bridgehead atoms. The first-order chi connectivity index (χ1) is 16.4. The number of nitrogens with zero attached hydrogens (tertiary/aromatic N) is 1. The Morgan fingerprint density at radius 3 is 2.15 bits per heavy atom. The summed E-state index contributed by atoms with van der Waals surface area (Å²) in [5.41, 5.74) is 5.41. The first-order valence-electron chi connectivity index (χ1n) is 11.1. The van der Waals surface area contributed by atoms with Gasteiger partial charge < -0.3 is 9.84 Å². The molecule has 174 valence electrons. The molecule has 5 nitrogen and oxygen atoms in total. The molecule has 34 heavy (non-hydrogen) atoms. The van der Waals surface area contributed by atoms with Crippen molar-refractivity contribution in [3.63, 3.8) is 0 Å². The van der Waals surface area contributed by atoms with Gasteiger partial charge in [0.2, 0.25) is 0 Å². The van der Waals surface area contributed by atoms with E-state index < -0.39 is 5.97 Å². The Morgan fingerprint density at radius 1 is 0.882 bits per heavy atom. The van der Waals surface area contributed by atoms with Crippen molar-refractivity contribution < 1.29 is 19.4 Å². The SMILES string of the molecule is CN(C)CC(=O)Oc1ccc(CC/C(=C\c2ccc(/C=C/C(=O)O)cc2)c2ccccc2)cc1. The zero-order valence-electron chi connectivity index (χ0n) is 19.5. The van der Waals surface area contributed by atoms with Gasteiger partial charge in [0.1, 0.15) is 5.75 Å². The van der Waals surface area contributed by atoms with E-state index in [1.165, 1.54) is 5.57 Å². The Morgan fingerprint density at radius 2 is 1.53 bits per heavy atom. The van der Waals surface area contributed by atoms with Crippen molar-refractivity contribution in [1.82, 2.24) is 4.90 Å². The van der Waals surface area contributed by atoms with Gasteiger partial charge in [-0.2, -0.15) is 0 Å². The van der Waals surface area contributed by atoms with Gasteiger partial charge in [-0.1, -0.05) is 72.8 Å². The lowest BCUT2D eigenvalue weighted by Gasteiger charge is -2.11. The number of rotatable bonds is 10. The number of benzene rings is 3. The first kappa shape index (κ1) is 24.7. The number of ether oxygens (including phenoxy) is 1. The van der Waals surface area contributed by atoms with E-state index >= 15 is 0 Å². The molecule has 0 amide bonds. The van der Waals surface area contributed by atoms with Gasteiger partial charge in [-0.05, 0) is 73.0 Å². The standard InChI is InChI=1S/C29H29NO4/c1-30(2)21-29(33)34-27-17-13-23(14-18-27)12-16-26(25-6-4-3-5-7-25)20-24-10-8-22(9-11-24)15-19-28(31)32/h3-11,13-15,17-20H,12,16,21H2,1-2H3,(H,31,32)/b19-15+,26-20+. The van der Waals surface area contributed by atoms with Crippen LogP contribution < -0.4 is 4.74 Å². The molecule has 0 fully saturated rings. The lowest BCUT2D eigenvalue weighted by atomic mass is 9.96. The molecule has 0 saturated carbocycles. The number of allylic oxidation sites excluding steroid dienone is 1. The molecule has 3 aromatic carbocycles. The van der Waals surface area contributed by atoms with Crippen LogP contribution in [0.15, 0.2) is 84.9 Å². The van der Waals surface area contributed by atoms with E-state index in [1.807, 2.05) is 80.8 Å². The van der Waals surface area contributed by atoms with Crippen LogP contribution in [0.4, 0.5) is 0 Å². The van der Waals surface area contributed by atoms with Crippen LogP contribution in [0.2, 0.25) is 0 Å². The minimum absolute atomic E-state index is 0.240. The fourth-order valence-electron chi connectivity index (χ4n) is 3.45. The summed E-state index contributed by atoms with van der Waals surface area (Å²) in [7, 11) is 3.65. The van der Waals surface area contributed by atoms with Crippen molar-refractivity contribution >= 4 is 29.7 Å². The first-order valence-corrected chi connectivity index (χ1v) is 11.1. The monoisotopic (exact) mass is 455 g/mol. The van der Waals surface area contributed by atoms with Crippen molar-refractivity contribution in [2.75, 3.05) is 20.6 Å². The van der Waals surface area contributed by atoms with Crippen LogP contribution in [0.1, 0.15) is 28.7 Å². The third-order valence-corrected chi connectivity index (χ3v) is 5.12. The Labute approximate surface area is 200 Å². The molecule has 0 aliphatic carbocycles. The summed E-state index contributed by atoms with van der Waals surface area (Å²) in [4.78, 5) is 24.3. The zero-order chi connectivity index (χ0) is 24.3. The molecule has 0 spiro atoms. The number of carbonyl (C=O) groups is 2. The molecule has 0 heterocycles. The number of aliphatic carboxylic acids is 1. The van der Waals surface area contributed by atoms with Gasteiger partial charge in [-0.15, -0.1) is 0 Å². The van der Waals surface area contributed by atoms with Crippen LogP contribution in [0.25, 0.3) is 17.7 Å². The van der Waals surface area contributed by atoms with Gasteiger partial charge in [0, 0.05) is 6.08 Å². The third kappa shape index (κ3) is 8.19. The Hall–Kier alpha value is -3.96. The lowest BCUT2D eigenvalue weighted by Crippen LogP contribution is -2.25. The smallest absolute Gasteiger partial charge is 0.328 e. The highest BCUT2D eigenvalue weighted by atomic mass is 16.5. The summed E-state index contributed by atoms with van der Waals surface area (Å²) >= 11 is 0. The second-order valence-corrected chi connectivity index (χ2v) is 8.23. The number of hydrogen-bond acceptors (Lipinski definition) is 4. The van der Waals surface area contributed by atoms with Crippen LogP contribution in [-0.2, 0) is 16.0 Å². The quantitative estimate of drug-likeness (QED) is 0.191. The summed E-state index contributed by atoms with van der Waals surface area (Å²) in [6, 6.07) is 25.7. The van der Waals surface area contributed by atoms with E-state index in [0.29, 0.717) is 5.75 Å². The number of likely N-dealkylation sites (N-methyl/N-ethyl adjacent to an activating group) is 1. The highest BCUT2D eigenvalue weighted by molar-refractivity contribution is 5.85. The number of carboxylic acids is 1. The van der Waals surface area contributed by atoms with Gasteiger partial charge in [-0.3, -0.25) is 9.69 Å². The lowest BCUT2D eigenvalue weighted by molar-refractivity contribution is -0.135. The molecule has 0 aliphatic heterocycles. The molecule has 0 atom stereocenters. The molecule has 0 aromatic heterocycles. The van der Waals surface area contributed by atoms with Crippen LogP contribution in [0, 0.1) is 0 Å². The highest BCUT2D eigenvalue weighted by Gasteiger charge is 2.07. The van der Waals surface area contributed by atoms with E-state index in [2.05, 4.69) is 18.2 Å². The summed E-state index contributed by atoms with van der Waals surface area (Å²) in [6.07, 6.45) is 6.55. The molecular formula is C29H29NO4. The van der Waals surface area contributed by atoms with E-state index in [-0.39, 0.29) is 12.5 Å².